The van der Waals surface area contributed by atoms with E-state index in [2.05, 4.69) is 202 Å². The third kappa shape index (κ3) is 4.99. The average Bonchev–Trinajstić information content (AvgIpc) is 3.96. The molecule has 0 saturated heterocycles. The number of hydrogen-bond acceptors (Lipinski definition) is 2. The first-order valence-corrected chi connectivity index (χ1v) is 22.7. The molecule has 2 heterocycles. The van der Waals surface area contributed by atoms with Gasteiger partial charge in [-0.2, -0.15) is 0 Å². The molecule has 11 aromatic carbocycles. The third-order valence-corrected chi connectivity index (χ3v) is 15.3. The Hall–Kier alpha value is -7.52. The minimum Gasteiger partial charge on any atom is -0.456 e. The molecule has 2 aromatic heterocycles. The van der Waals surface area contributed by atoms with Crippen LogP contribution in [0.3, 0.4) is 0 Å². The van der Waals surface area contributed by atoms with Crippen molar-refractivity contribution in [3.63, 3.8) is 0 Å². The predicted molar refractivity (Wildman–Crippen MR) is 271 cm³/mol. The molecule has 1 aliphatic rings. The van der Waals surface area contributed by atoms with Crippen molar-refractivity contribution in [3.05, 3.63) is 205 Å². The molecule has 0 bridgehead atoms. The molecule has 63 heavy (non-hydrogen) atoms. The van der Waals surface area contributed by atoms with Crippen LogP contribution in [0.2, 0.25) is 0 Å². The zero-order valence-electron chi connectivity index (χ0n) is 34.8. The van der Waals surface area contributed by atoms with E-state index >= 15 is 0 Å². The number of furan rings is 1. The summed E-state index contributed by atoms with van der Waals surface area (Å²) in [5.74, 6) is 0. The van der Waals surface area contributed by atoms with Crippen LogP contribution < -0.4 is 0 Å². The van der Waals surface area contributed by atoms with Gasteiger partial charge in [-0.1, -0.05) is 159 Å². The Labute approximate surface area is 368 Å². The van der Waals surface area contributed by atoms with Crippen LogP contribution in [-0.4, -0.2) is 0 Å². The summed E-state index contributed by atoms with van der Waals surface area (Å²) in [5, 5.41) is 15.1. The number of thiophene rings is 1. The van der Waals surface area contributed by atoms with Crippen molar-refractivity contribution < 1.29 is 4.42 Å². The Morgan fingerprint density at radius 2 is 0.968 bits per heavy atom. The second-order valence-electron chi connectivity index (χ2n) is 18.0. The molecule has 13 aromatic rings. The van der Waals surface area contributed by atoms with Crippen molar-refractivity contribution >= 4 is 96.5 Å². The van der Waals surface area contributed by atoms with Gasteiger partial charge in [0.05, 0.1) is 0 Å². The highest BCUT2D eigenvalue weighted by atomic mass is 32.1. The van der Waals surface area contributed by atoms with Crippen molar-refractivity contribution in [1.82, 2.24) is 0 Å². The highest BCUT2D eigenvalue weighted by Crippen LogP contribution is 2.53. The molecule has 0 amide bonds. The smallest absolute Gasteiger partial charge is 0.136 e. The standard InChI is InChI=1S/C61H38OS/c1-61(2)52-27-23-41(59-46-16-7-5-14-44(46)58(45-15-6-8-17-47(45)59)40-20-19-35-11-3-4-12-36(35)29-40)30-50(52)42-25-21-37(31-53(42)61)38-22-26-48-57(33-38)63-56-28-24-39-32-55-51(34-49(39)60(48)56)43-13-9-10-18-54(43)62-55/h3-34H,1-2H3. The quantitative estimate of drug-likeness (QED) is 0.162. The van der Waals surface area contributed by atoms with Gasteiger partial charge in [0.1, 0.15) is 11.2 Å². The molecule has 0 saturated carbocycles. The molecular formula is C61H38OS. The van der Waals surface area contributed by atoms with E-state index in [1.165, 1.54) is 130 Å². The summed E-state index contributed by atoms with van der Waals surface area (Å²) in [5.41, 5.74) is 14.7. The predicted octanol–water partition coefficient (Wildman–Crippen LogP) is 17.9. The van der Waals surface area contributed by atoms with Crippen molar-refractivity contribution in [2.24, 2.45) is 0 Å². The Balaban J connectivity index is 0.890. The number of fused-ring (bicyclic) bond motifs is 14. The van der Waals surface area contributed by atoms with Crippen LogP contribution in [0.5, 0.6) is 0 Å². The molecule has 0 radical (unpaired) electrons. The first-order chi connectivity index (χ1) is 31.0. The summed E-state index contributed by atoms with van der Waals surface area (Å²) < 4.78 is 8.88. The van der Waals surface area contributed by atoms with Crippen LogP contribution in [0.1, 0.15) is 25.0 Å². The van der Waals surface area contributed by atoms with Gasteiger partial charge in [0.2, 0.25) is 0 Å². The van der Waals surface area contributed by atoms with Gasteiger partial charge in [0, 0.05) is 36.4 Å². The maximum atomic E-state index is 6.26. The molecule has 0 atom stereocenters. The molecule has 0 fully saturated rings. The highest BCUT2D eigenvalue weighted by Gasteiger charge is 2.36. The fraction of sp³-hybridized carbons (Fsp3) is 0.0492. The van der Waals surface area contributed by atoms with E-state index in [1.54, 1.807) is 0 Å². The monoisotopic (exact) mass is 818 g/mol. The van der Waals surface area contributed by atoms with E-state index < -0.39 is 0 Å². The molecular weight excluding hydrogens is 781 g/mol. The molecule has 0 spiro atoms. The van der Waals surface area contributed by atoms with Gasteiger partial charge < -0.3 is 4.42 Å². The molecule has 0 aliphatic heterocycles. The maximum Gasteiger partial charge on any atom is 0.136 e. The van der Waals surface area contributed by atoms with Gasteiger partial charge in [0.15, 0.2) is 0 Å². The number of benzene rings is 11. The van der Waals surface area contributed by atoms with E-state index in [0.29, 0.717) is 0 Å². The van der Waals surface area contributed by atoms with Crippen molar-refractivity contribution in [3.8, 4) is 44.5 Å². The van der Waals surface area contributed by atoms with E-state index in [9.17, 15) is 0 Å². The van der Waals surface area contributed by atoms with Crippen LogP contribution in [0.4, 0.5) is 0 Å². The molecule has 1 aliphatic carbocycles. The summed E-state index contributed by atoms with van der Waals surface area (Å²) in [4.78, 5) is 0. The molecule has 0 unspecified atom stereocenters. The zero-order chi connectivity index (χ0) is 41.6. The Morgan fingerprint density at radius 1 is 0.349 bits per heavy atom. The Kier molecular flexibility index (Phi) is 7.12. The molecule has 1 nitrogen and oxygen atoms in total. The van der Waals surface area contributed by atoms with E-state index in [4.69, 9.17) is 4.42 Å². The molecule has 0 N–H and O–H groups in total. The third-order valence-electron chi connectivity index (χ3n) is 14.2. The largest absolute Gasteiger partial charge is 0.456 e. The normalized spacial score (nSPS) is 13.4. The summed E-state index contributed by atoms with van der Waals surface area (Å²) >= 11 is 1.89. The van der Waals surface area contributed by atoms with Gasteiger partial charge >= 0.3 is 0 Å². The Bertz CT molecular complexity index is 4060. The molecule has 294 valence electrons. The van der Waals surface area contributed by atoms with E-state index in [-0.39, 0.29) is 5.41 Å². The SMILES string of the molecule is CC1(C)c2ccc(-c3c4ccccc4c(-c4ccc5ccccc5c4)c4ccccc34)cc2-c2ccc(-c3ccc4c(c3)sc3ccc5cc6oc7ccccc7c6cc5c34)cc21. The fourth-order valence-corrected chi connectivity index (χ4v) is 12.3. The van der Waals surface area contributed by atoms with Crippen molar-refractivity contribution in [2.75, 3.05) is 0 Å². The second kappa shape index (κ2) is 12.8. The molecule has 2 heteroatoms. The minimum atomic E-state index is -0.146. The summed E-state index contributed by atoms with van der Waals surface area (Å²) in [6, 6.07) is 72.5. The van der Waals surface area contributed by atoms with Crippen LogP contribution in [0.15, 0.2) is 199 Å². The fourth-order valence-electron chi connectivity index (χ4n) is 11.2. The number of para-hydroxylation sites is 1. The van der Waals surface area contributed by atoms with E-state index in [0.717, 1.165) is 11.2 Å². The average molecular weight is 819 g/mol. The van der Waals surface area contributed by atoms with Gasteiger partial charge in [-0.25, -0.2) is 0 Å². The zero-order valence-corrected chi connectivity index (χ0v) is 35.6. The first kappa shape index (κ1) is 35.1. The van der Waals surface area contributed by atoms with Gasteiger partial charge in [-0.05, 0) is 147 Å². The summed E-state index contributed by atoms with van der Waals surface area (Å²) in [7, 11) is 0. The Morgan fingerprint density at radius 3 is 1.75 bits per heavy atom. The lowest BCUT2D eigenvalue weighted by molar-refractivity contribution is 0.660. The lowest BCUT2D eigenvalue weighted by atomic mass is 9.81. The second-order valence-corrected chi connectivity index (χ2v) is 19.1. The minimum absolute atomic E-state index is 0.146. The lowest BCUT2D eigenvalue weighted by Crippen LogP contribution is -2.15. The topological polar surface area (TPSA) is 13.1 Å². The highest BCUT2D eigenvalue weighted by molar-refractivity contribution is 7.26. The van der Waals surface area contributed by atoms with Crippen LogP contribution in [0, 0.1) is 0 Å². The van der Waals surface area contributed by atoms with E-state index in [1.807, 2.05) is 17.4 Å². The lowest BCUT2D eigenvalue weighted by Gasteiger charge is -2.22. The summed E-state index contributed by atoms with van der Waals surface area (Å²) in [6.07, 6.45) is 0. The number of hydrogen-bond donors (Lipinski definition) is 0. The van der Waals surface area contributed by atoms with Crippen LogP contribution >= 0.6 is 11.3 Å². The van der Waals surface area contributed by atoms with Crippen LogP contribution in [-0.2, 0) is 5.41 Å². The van der Waals surface area contributed by atoms with Gasteiger partial charge in [-0.15, -0.1) is 11.3 Å². The summed E-state index contributed by atoms with van der Waals surface area (Å²) in [6.45, 7) is 4.79. The van der Waals surface area contributed by atoms with Crippen LogP contribution in [0.25, 0.3) is 130 Å². The molecule has 14 rings (SSSR count). The van der Waals surface area contributed by atoms with Gasteiger partial charge in [0.25, 0.3) is 0 Å². The van der Waals surface area contributed by atoms with Gasteiger partial charge in [-0.3, -0.25) is 0 Å². The van der Waals surface area contributed by atoms with Crippen molar-refractivity contribution in [1.29, 1.82) is 0 Å². The first-order valence-electron chi connectivity index (χ1n) is 21.9. The maximum absolute atomic E-state index is 6.26. The number of rotatable bonds is 3. The van der Waals surface area contributed by atoms with Crippen molar-refractivity contribution in [2.45, 2.75) is 19.3 Å².